The van der Waals surface area contributed by atoms with E-state index in [1.54, 1.807) is 12.1 Å². The van der Waals surface area contributed by atoms with Gasteiger partial charge in [0, 0.05) is 0 Å². The smallest absolute Gasteiger partial charge is 0.341 e. The van der Waals surface area contributed by atoms with E-state index in [1.807, 2.05) is 7.05 Å². The molecule has 0 aliphatic rings. The Morgan fingerprint density at radius 1 is 1.41 bits per heavy atom. The Labute approximate surface area is 101 Å². The molecule has 0 amide bonds. The molecule has 0 heterocycles. The minimum atomic E-state index is -0.598. The summed E-state index contributed by atoms with van der Waals surface area (Å²) < 4.78 is 18.3. The summed E-state index contributed by atoms with van der Waals surface area (Å²) in [6.45, 7) is 5.21. The first kappa shape index (κ1) is 13.6. The van der Waals surface area contributed by atoms with Crippen LogP contribution in [0, 0.1) is 5.82 Å². The predicted octanol–water partition coefficient (Wildman–Crippen LogP) is 0.906. The molecule has 0 aromatic heterocycles. The van der Waals surface area contributed by atoms with Gasteiger partial charge >= 0.3 is 5.97 Å². The Kier molecular flexibility index (Phi) is 5.10. The van der Waals surface area contributed by atoms with Gasteiger partial charge in [-0.15, -0.1) is 0 Å². The largest absolute Gasteiger partial charge is 0.456 e. The van der Waals surface area contributed by atoms with Crippen LogP contribution in [0.4, 0.5) is 4.39 Å². The molecule has 0 radical (unpaired) electrons. The molecule has 1 N–H and O–H groups in total. The monoisotopic (exact) mass is 240 g/mol. The van der Waals surface area contributed by atoms with E-state index in [1.165, 1.54) is 17.0 Å². The van der Waals surface area contributed by atoms with E-state index >= 15 is 0 Å². The lowest BCUT2D eigenvalue weighted by atomic mass is 10.2. The van der Waals surface area contributed by atoms with Crippen molar-refractivity contribution in [1.82, 2.24) is 0 Å². The molecule has 0 aliphatic carbocycles. The van der Waals surface area contributed by atoms with Crippen LogP contribution in [-0.2, 0) is 4.74 Å². The standard InChI is InChI=1S/C13H18FNO2/c1-10(2)15(3)8-9-17-13(16)11-6-4-5-7-12(11)14/h4-7,10H,8-9H2,1-3H3/p+1. The third kappa shape index (κ3) is 4.15. The highest BCUT2D eigenvalue weighted by atomic mass is 19.1. The summed E-state index contributed by atoms with van der Waals surface area (Å²) in [5.41, 5.74) is -0.00491. The molecule has 0 spiro atoms. The van der Waals surface area contributed by atoms with Crippen molar-refractivity contribution >= 4 is 5.97 Å². The Bertz CT molecular complexity index is 379. The molecule has 17 heavy (non-hydrogen) atoms. The molecule has 1 atom stereocenters. The van der Waals surface area contributed by atoms with Gasteiger partial charge in [0.05, 0.1) is 18.7 Å². The number of quaternary nitrogens is 1. The van der Waals surface area contributed by atoms with Crippen LogP contribution in [0.15, 0.2) is 24.3 Å². The molecule has 1 rings (SSSR count). The summed E-state index contributed by atoms with van der Waals surface area (Å²) in [4.78, 5) is 12.8. The Balaban J connectivity index is 2.43. The number of hydrogen-bond donors (Lipinski definition) is 1. The fraction of sp³-hybridized carbons (Fsp3) is 0.462. The second-order valence-corrected chi connectivity index (χ2v) is 4.37. The lowest BCUT2D eigenvalue weighted by Crippen LogP contribution is -3.12. The van der Waals surface area contributed by atoms with Crippen LogP contribution in [0.1, 0.15) is 24.2 Å². The van der Waals surface area contributed by atoms with Crippen LogP contribution < -0.4 is 4.90 Å². The molecule has 94 valence electrons. The maximum absolute atomic E-state index is 13.2. The predicted molar refractivity (Wildman–Crippen MR) is 63.6 cm³/mol. The van der Waals surface area contributed by atoms with Gasteiger partial charge in [0.1, 0.15) is 19.0 Å². The number of likely N-dealkylation sites (N-methyl/N-ethyl adjacent to an activating group) is 1. The van der Waals surface area contributed by atoms with E-state index in [0.717, 1.165) is 6.54 Å². The van der Waals surface area contributed by atoms with E-state index in [9.17, 15) is 9.18 Å². The zero-order valence-electron chi connectivity index (χ0n) is 10.5. The van der Waals surface area contributed by atoms with E-state index in [4.69, 9.17) is 4.74 Å². The molecule has 4 heteroatoms. The third-order valence-electron chi connectivity index (χ3n) is 2.81. The molecule has 1 aromatic rings. The van der Waals surface area contributed by atoms with Crippen LogP contribution in [0.5, 0.6) is 0 Å². The van der Waals surface area contributed by atoms with Gasteiger partial charge in [0.2, 0.25) is 0 Å². The van der Waals surface area contributed by atoms with Gasteiger partial charge in [0.15, 0.2) is 0 Å². The fourth-order valence-electron chi connectivity index (χ4n) is 1.30. The van der Waals surface area contributed by atoms with Crippen molar-refractivity contribution < 1.29 is 18.8 Å². The van der Waals surface area contributed by atoms with Gasteiger partial charge in [-0.25, -0.2) is 9.18 Å². The summed E-state index contributed by atoms with van der Waals surface area (Å²) in [5.74, 6) is -1.14. The second-order valence-electron chi connectivity index (χ2n) is 4.37. The minimum Gasteiger partial charge on any atom is -0.456 e. The molecule has 1 aromatic carbocycles. The van der Waals surface area contributed by atoms with E-state index < -0.39 is 11.8 Å². The van der Waals surface area contributed by atoms with Crippen molar-refractivity contribution in [2.45, 2.75) is 19.9 Å². The number of rotatable bonds is 5. The third-order valence-corrected chi connectivity index (χ3v) is 2.81. The summed E-state index contributed by atoms with van der Waals surface area (Å²) in [6, 6.07) is 6.31. The molecular weight excluding hydrogens is 221 g/mol. The highest BCUT2D eigenvalue weighted by Crippen LogP contribution is 2.07. The van der Waals surface area contributed by atoms with Gasteiger partial charge in [-0.1, -0.05) is 12.1 Å². The van der Waals surface area contributed by atoms with Crippen molar-refractivity contribution in [2.24, 2.45) is 0 Å². The maximum Gasteiger partial charge on any atom is 0.341 e. The molecule has 0 saturated heterocycles. The first-order chi connectivity index (χ1) is 8.02. The van der Waals surface area contributed by atoms with Gasteiger partial charge in [-0.2, -0.15) is 0 Å². The average Bonchev–Trinajstić information content (AvgIpc) is 2.29. The van der Waals surface area contributed by atoms with E-state index in [0.29, 0.717) is 12.6 Å². The highest BCUT2D eigenvalue weighted by molar-refractivity contribution is 5.89. The fourth-order valence-corrected chi connectivity index (χ4v) is 1.30. The highest BCUT2D eigenvalue weighted by Gasteiger charge is 2.13. The van der Waals surface area contributed by atoms with Gasteiger partial charge in [-0.05, 0) is 26.0 Å². The van der Waals surface area contributed by atoms with Crippen molar-refractivity contribution in [3.8, 4) is 0 Å². The number of benzene rings is 1. The van der Waals surface area contributed by atoms with Gasteiger partial charge < -0.3 is 9.64 Å². The quantitative estimate of drug-likeness (QED) is 0.775. The summed E-state index contributed by atoms with van der Waals surface area (Å²) in [6.07, 6.45) is 0. The SMILES string of the molecule is CC(C)[NH+](C)CCOC(=O)c1ccccc1F. The molecule has 1 unspecified atom stereocenters. The Morgan fingerprint density at radius 3 is 2.65 bits per heavy atom. The molecular formula is C13H19FNO2+. The number of esters is 1. The Morgan fingerprint density at radius 2 is 2.06 bits per heavy atom. The number of carbonyl (C=O) groups excluding carboxylic acids is 1. The van der Waals surface area contributed by atoms with Crippen LogP contribution in [0.3, 0.4) is 0 Å². The van der Waals surface area contributed by atoms with Gasteiger partial charge in [-0.3, -0.25) is 0 Å². The van der Waals surface area contributed by atoms with Crippen molar-refractivity contribution in [3.05, 3.63) is 35.6 Å². The summed E-state index contributed by atoms with van der Waals surface area (Å²) >= 11 is 0. The lowest BCUT2D eigenvalue weighted by molar-refractivity contribution is -0.901. The lowest BCUT2D eigenvalue weighted by Gasteiger charge is -2.17. The summed E-state index contributed by atoms with van der Waals surface area (Å²) in [5, 5.41) is 0. The number of ether oxygens (including phenoxy) is 1. The molecule has 0 aliphatic heterocycles. The molecule has 3 nitrogen and oxygen atoms in total. The van der Waals surface area contributed by atoms with Crippen LogP contribution in [0.25, 0.3) is 0 Å². The minimum absolute atomic E-state index is 0.00491. The number of carbonyl (C=O) groups is 1. The first-order valence-electron chi connectivity index (χ1n) is 5.76. The van der Waals surface area contributed by atoms with Crippen molar-refractivity contribution in [3.63, 3.8) is 0 Å². The number of hydrogen-bond acceptors (Lipinski definition) is 2. The van der Waals surface area contributed by atoms with Crippen LogP contribution in [0.2, 0.25) is 0 Å². The van der Waals surface area contributed by atoms with Crippen LogP contribution in [-0.4, -0.2) is 32.2 Å². The topological polar surface area (TPSA) is 30.7 Å². The van der Waals surface area contributed by atoms with E-state index in [2.05, 4.69) is 13.8 Å². The maximum atomic E-state index is 13.2. The van der Waals surface area contributed by atoms with E-state index in [-0.39, 0.29) is 5.56 Å². The van der Waals surface area contributed by atoms with Gasteiger partial charge in [0.25, 0.3) is 0 Å². The average molecular weight is 240 g/mol. The molecule has 0 fully saturated rings. The second kappa shape index (κ2) is 6.35. The number of nitrogens with one attached hydrogen (secondary N) is 1. The molecule has 0 saturated carbocycles. The summed E-state index contributed by atoms with van der Waals surface area (Å²) in [7, 11) is 2.03. The normalized spacial score (nSPS) is 12.5. The molecule has 0 bridgehead atoms. The zero-order chi connectivity index (χ0) is 12.8. The first-order valence-corrected chi connectivity index (χ1v) is 5.76. The van der Waals surface area contributed by atoms with Crippen LogP contribution >= 0.6 is 0 Å². The van der Waals surface area contributed by atoms with Crippen molar-refractivity contribution in [2.75, 3.05) is 20.2 Å². The number of halogens is 1. The van der Waals surface area contributed by atoms with Crippen molar-refractivity contribution in [1.29, 1.82) is 0 Å². The Hall–Kier alpha value is -1.42. The zero-order valence-corrected chi connectivity index (χ0v) is 10.5.